The van der Waals surface area contributed by atoms with Crippen LogP contribution in [0.15, 0.2) is 48.5 Å². The molecular formula is C22H29N3O2. The van der Waals surface area contributed by atoms with Gasteiger partial charge in [-0.1, -0.05) is 37.6 Å². The molecule has 0 aliphatic rings. The van der Waals surface area contributed by atoms with Crippen LogP contribution in [0.25, 0.3) is 0 Å². The second-order valence-corrected chi connectivity index (χ2v) is 6.64. The first-order chi connectivity index (χ1) is 13.0. The van der Waals surface area contributed by atoms with Crippen LogP contribution in [0, 0.1) is 6.92 Å². The van der Waals surface area contributed by atoms with Crippen molar-refractivity contribution in [2.45, 2.75) is 33.6 Å². The van der Waals surface area contributed by atoms with Crippen LogP contribution in [0.4, 0.5) is 11.4 Å². The van der Waals surface area contributed by atoms with Crippen molar-refractivity contribution in [2.75, 3.05) is 30.3 Å². The third-order valence-electron chi connectivity index (χ3n) is 4.17. The number of rotatable bonds is 9. The highest BCUT2D eigenvalue weighted by Crippen LogP contribution is 2.14. The Morgan fingerprint density at radius 3 is 2.22 bits per heavy atom. The number of aryl methyl sites for hydroxylation is 1. The van der Waals surface area contributed by atoms with Crippen molar-refractivity contribution in [1.29, 1.82) is 0 Å². The van der Waals surface area contributed by atoms with Gasteiger partial charge < -0.3 is 15.5 Å². The minimum atomic E-state index is -0.154. The maximum absolute atomic E-state index is 12.7. The summed E-state index contributed by atoms with van der Waals surface area (Å²) in [6, 6.07) is 15.0. The molecule has 0 spiro atoms. The number of hydrogen-bond acceptors (Lipinski definition) is 3. The molecule has 0 saturated heterocycles. The van der Waals surface area contributed by atoms with E-state index >= 15 is 0 Å². The van der Waals surface area contributed by atoms with Gasteiger partial charge in [0, 0.05) is 30.0 Å². The summed E-state index contributed by atoms with van der Waals surface area (Å²) in [4.78, 5) is 26.8. The SMILES string of the molecule is CCCN(CCC)C(=O)c1cccc(NC(=O)CNc2ccc(C)cc2)c1. The Hall–Kier alpha value is -2.82. The van der Waals surface area contributed by atoms with Gasteiger partial charge >= 0.3 is 0 Å². The van der Waals surface area contributed by atoms with Crippen molar-refractivity contribution < 1.29 is 9.59 Å². The number of carbonyl (C=O) groups is 2. The third kappa shape index (κ3) is 6.44. The molecule has 2 N–H and O–H groups in total. The van der Waals surface area contributed by atoms with Crippen LogP contribution in [0.5, 0.6) is 0 Å². The summed E-state index contributed by atoms with van der Waals surface area (Å²) >= 11 is 0. The predicted octanol–water partition coefficient (Wildman–Crippen LogP) is 4.31. The monoisotopic (exact) mass is 367 g/mol. The quantitative estimate of drug-likeness (QED) is 0.694. The summed E-state index contributed by atoms with van der Waals surface area (Å²) in [5, 5.41) is 5.94. The van der Waals surface area contributed by atoms with E-state index in [0.717, 1.165) is 31.6 Å². The number of amides is 2. The lowest BCUT2D eigenvalue weighted by atomic mass is 10.1. The van der Waals surface area contributed by atoms with Crippen LogP contribution >= 0.6 is 0 Å². The Bertz CT molecular complexity index is 750. The van der Waals surface area contributed by atoms with Gasteiger partial charge in [-0.05, 0) is 50.1 Å². The summed E-state index contributed by atoms with van der Waals surface area (Å²) in [5.74, 6) is -0.147. The smallest absolute Gasteiger partial charge is 0.253 e. The highest BCUT2D eigenvalue weighted by Gasteiger charge is 2.15. The molecule has 0 bridgehead atoms. The molecule has 0 heterocycles. The Kier molecular flexibility index (Phi) is 7.86. The molecule has 2 aromatic carbocycles. The Morgan fingerprint density at radius 1 is 0.926 bits per heavy atom. The van der Waals surface area contributed by atoms with Gasteiger partial charge in [-0.25, -0.2) is 0 Å². The second-order valence-electron chi connectivity index (χ2n) is 6.64. The van der Waals surface area contributed by atoms with Crippen LogP contribution in [0.1, 0.15) is 42.6 Å². The van der Waals surface area contributed by atoms with Crippen molar-refractivity contribution in [3.63, 3.8) is 0 Å². The van der Waals surface area contributed by atoms with Crippen LogP contribution in [0.3, 0.4) is 0 Å². The molecule has 2 rings (SSSR count). The van der Waals surface area contributed by atoms with E-state index in [0.29, 0.717) is 11.3 Å². The summed E-state index contributed by atoms with van der Waals surface area (Å²) in [6.07, 6.45) is 1.85. The number of hydrogen-bond donors (Lipinski definition) is 2. The Morgan fingerprint density at radius 2 is 1.59 bits per heavy atom. The van der Waals surface area contributed by atoms with E-state index in [2.05, 4.69) is 24.5 Å². The largest absolute Gasteiger partial charge is 0.376 e. The molecule has 0 unspecified atom stereocenters. The molecular weight excluding hydrogens is 338 g/mol. The highest BCUT2D eigenvalue weighted by molar-refractivity contribution is 5.98. The molecule has 144 valence electrons. The van der Waals surface area contributed by atoms with E-state index in [4.69, 9.17) is 0 Å². The van der Waals surface area contributed by atoms with Gasteiger partial charge in [0.25, 0.3) is 5.91 Å². The van der Waals surface area contributed by atoms with Gasteiger partial charge in [0.2, 0.25) is 5.91 Å². The average molecular weight is 367 g/mol. The van der Waals surface area contributed by atoms with Crippen molar-refractivity contribution in [3.05, 3.63) is 59.7 Å². The van der Waals surface area contributed by atoms with E-state index in [9.17, 15) is 9.59 Å². The van der Waals surface area contributed by atoms with E-state index in [1.165, 1.54) is 5.56 Å². The van der Waals surface area contributed by atoms with Gasteiger partial charge in [0.1, 0.15) is 0 Å². The zero-order chi connectivity index (χ0) is 19.6. The number of nitrogens with one attached hydrogen (secondary N) is 2. The summed E-state index contributed by atoms with van der Waals surface area (Å²) in [5.41, 5.74) is 3.30. The molecule has 2 amide bonds. The van der Waals surface area contributed by atoms with Crippen molar-refractivity contribution in [3.8, 4) is 0 Å². The maximum atomic E-state index is 12.7. The summed E-state index contributed by atoms with van der Waals surface area (Å²) < 4.78 is 0. The highest BCUT2D eigenvalue weighted by atomic mass is 16.2. The lowest BCUT2D eigenvalue weighted by molar-refractivity contribution is -0.114. The first-order valence-corrected chi connectivity index (χ1v) is 9.53. The molecule has 5 heteroatoms. The van der Waals surface area contributed by atoms with Gasteiger partial charge in [0.15, 0.2) is 0 Å². The fourth-order valence-corrected chi connectivity index (χ4v) is 2.83. The molecule has 0 aliphatic heterocycles. The molecule has 27 heavy (non-hydrogen) atoms. The van der Waals surface area contributed by atoms with Gasteiger partial charge in [-0.15, -0.1) is 0 Å². The standard InChI is InChI=1S/C22H29N3O2/c1-4-13-25(14-5-2)22(27)18-7-6-8-20(15-18)24-21(26)16-23-19-11-9-17(3)10-12-19/h6-12,15,23H,4-5,13-14,16H2,1-3H3,(H,24,26). The number of benzene rings is 2. The van der Waals surface area contributed by atoms with Crippen LogP contribution in [-0.4, -0.2) is 36.3 Å². The lowest BCUT2D eigenvalue weighted by Gasteiger charge is -2.21. The fraction of sp³-hybridized carbons (Fsp3) is 0.364. The van der Waals surface area contributed by atoms with E-state index in [1.54, 1.807) is 24.3 Å². The molecule has 0 atom stereocenters. The Labute approximate surface area is 161 Å². The minimum Gasteiger partial charge on any atom is -0.376 e. The van der Waals surface area contributed by atoms with Crippen molar-refractivity contribution in [1.82, 2.24) is 4.90 Å². The predicted molar refractivity (Wildman–Crippen MR) is 111 cm³/mol. The second kappa shape index (κ2) is 10.4. The van der Waals surface area contributed by atoms with Gasteiger partial charge in [-0.3, -0.25) is 9.59 Å². The molecule has 0 radical (unpaired) electrons. The van der Waals surface area contributed by atoms with Gasteiger partial charge in [-0.2, -0.15) is 0 Å². The van der Waals surface area contributed by atoms with Crippen molar-refractivity contribution in [2.24, 2.45) is 0 Å². The minimum absolute atomic E-state index is 0.00702. The van der Waals surface area contributed by atoms with E-state index in [1.807, 2.05) is 36.1 Å². The first-order valence-electron chi connectivity index (χ1n) is 9.53. The summed E-state index contributed by atoms with van der Waals surface area (Å²) in [7, 11) is 0. The van der Waals surface area contributed by atoms with E-state index < -0.39 is 0 Å². The first kappa shape index (κ1) is 20.5. The Balaban J connectivity index is 1.96. The zero-order valence-corrected chi connectivity index (χ0v) is 16.4. The topological polar surface area (TPSA) is 61.4 Å². The molecule has 0 saturated carbocycles. The van der Waals surface area contributed by atoms with Crippen LogP contribution < -0.4 is 10.6 Å². The van der Waals surface area contributed by atoms with Crippen molar-refractivity contribution >= 4 is 23.2 Å². The van der Waals surface area contributed by atoms with Crippen LogP contribution in [-0.2, 0) is 4.79 Å². The molecule has 5 nitrogen and oxygen atoms in total. The van der Waals surface area contributed by atoms with E-state index in [-0.39, 0.29) is 18.4 Å². The number of carbonyl (C=O) groups excluding carboxylic acids is 2. The normalized spacial score (nSPS) is 10.3. The summed E-state index contributed by atoms with van der Waals surface area (Å²) in [6.45, 7) is 7.79. The number of anilines is 2. The molecule has 0 aromatic heterocycles. The number of nitrogens with zero attached hydrogens (tertiary/aromatic N) is 1. The molecule has 0 fully saturated rings. The third-order valence-corrected chi connectivity index (χ3v) is 4.17. The zero-order valence-electron chi connectivity index (χ0n) is 16.4. The molecule has 0 aliphatic carbocycles. The fourth-order valence-electron chi connectivity index (χ4n) is 2.83. The molecule has 2 aromatic rings. The van der Waals surface area contributed by atoms with Crippen LogP contribution in [0.2, 0.25) is 0 Å². The average Bonchev–Trinajstić information content (AvgIpc) is 2.67. The lowest BCUT2D eigenvalue weighted by Crippen LogP contribution is -2.32. The maximum Gasteiger partial charge on any atom is 0.253 e. The van der Waals surface area contributed by atoms with Gasteiger partial charge in [0.05, 0.1) is 6.54 Å².